The van der Waals surface area contributed by atoms with Crippen molar-refractivity contribution in [2.75, 3.05) is 0 Å². The molecule has 1 rings (SSSR count). The fourth-order valence-corrected chi connectivity index (χ4v) is 1.92. The van der Waals surface area contributed by atoms with E-state index in [0.717, 1.165) is 6.42 Å². The van der Waals surface area contributed by atoms with E-state index in [1.807, 2.05) is 0 Å². The van der Waals surface area contributed by atoms with E-state index in [0.29, 0.717) is 17.6 Å². The lowest BCUT2D eigenvalue weighted by Crippen LogP contribution is -2.22. The van der Waals surface area contributed by atoms with Crippen LogP contribution in [-0.2, 0) is 4.79 Å². The standard InChI is InChI=1S/C9H16O/c1-7-5-3-4-6-9(7)8(2)10/h7,9H,3-6H2,1-2H3/t7-,9+/m1/s1. The zero-order valence-corrected chi connectivity index (χ0v) is 6.89. The van der Waals surface area contributed by atoms with Crippen LogP contribution in [0.3, 0.4) is 0 Å². The number of rotatable bonds is 1. The third-order valence-electron chi connectivity index (χ3n) is 2.63. The lowest BCUT2D eigenvalue weighted by Gasteiger charge is -2.26. The summed E-state index contributed by atoms with van der Waals surface area (Å²) in [6.07, 6.45) is 4.97. The van der Waals surface area contributed by atoms with Gasteiger partial charge in [-0.2, -0.15) is 0 Å². The van der Waals surface area contributed by atoms with Crippen molar-refractivity contribution in [2.45, 2.75) is 39.5 Å². The molecule has 0 unspecified atom stereocenters. The molecule has 1 aliphatic carbocycles. The average Bonchev–Trinajstić information content (AvgIpc) is 1.88. The first-order valence-electron chi connectivity index (χ1n) is 4.22. The van der Waals surface area contributed by atoms with E-state index in [1.54, 1.807) is 6.92 Å². The van der Waals surface area contributed by atoms with Gasteiger partial charge in [-0.3, -0.25) is 4.79 Å². The van der Waals surface area contributed by atoms with Crippen molar-refractivity contribution in [1.29, 1.82) is 0 Å². The van der Waals surface area contributed by atoms with E-state index in [9.17, 15) is 4.79 Å². The Morgan fingerprint density at radius 2 is 1.90 bits per heavy atom. The Kier molecular flexibility index (Phi) is 2.47. The first-order chi connectivity index (χ1) is 4.72. The van der Waals surface area contributed by atoms with Gasteiger partial charge < -0.3 is 0 Å². The van der Waals surface area contributed by atoms with Gasteiger partial charge in [0.05, 0.1) is 0 Å². The van der Waals surface area contributed by atoms with Crippen molar-refractivity contribution in [2.24, 2.45) is 11.8 Å². The van der Waals surface area contributed by atoms with E-state index in [-0.39, 0.29) is 0 Å². The molecule has 2 atom stereocenters. The predicted octanol–water partition coefficient (Wildman–Crippen LogP) is 2.40. The Labute approximate surface area is 62.8 Å². The summed E-state index contributed by atoms with van der Waals surface area (Å²) in [6, 6.07) is 0. The van der Waals surface area contributed by atoms with Gasteiger partial charge in [-0.1, -0.05) is 26.2 Å². The molecule has 1 nitrogen and oxygen atoms in total. The van der Waals surface area contributed by atoms with Crippen molar-refractivity contribution in [3.63, 3.8) is 0 Å². The quantitative estimate of drug-likeness (QED) is 0.546. The molecule has 58 valence electrons. The second kappa shape index (κ2) is 3.18. The number of hydrogen-bond donors (Lipinski definition) is 0. The summed E-state index contributed by atoms with van der Waals surface area (Å²) in [5.41, 5.74) is 0. The topological polar surface area (TPSA) is 17.1 Å². The van der Waals surface area contributed by atoms with Crippen molar-refractivity contribution in [3.8, 4) is 0 Å². The van der Waals surface area contributed by atoms with Crippen LogP contribution in [0.5, 0.6) is 0 Å². The van der Waals surface area contributed by atoms with Gasteiger partial charge in [0.15, 0.2) is 0 Å². The maximum absolute atomic E-state index is 11.0. The lowest BCUT2D eigenvalue weighted by atomic mass is 9.78. The highest BCUT2D eigenvalue weighted by Crippen LogP contribution is 2.29. The fourth-order valence-electron chi connectivity index (χ4n) is 1.92. The third kappa shape index (κ3) is 1.59. The molecule has 0 radical (unpaired) electrons. The fraction of sp³-hybridized carbons (Fsp3) is 0.889. The van der Waals surface area contributed by atoms with Crippen LogP contribution in [0.25, 0.3) is 0 Å². The summed E-state index contributed by atoms with van der Waals surface area (Å²) in [6.45, 7) is 3.93. The van der Waals surface area contributed by atoms with Gasteiger partial charge in [0.1, 0.15) is 5.78 Å². The summed E-state index contributed by atoms with van der Waals surface area (Å²) in [4.78, 5) is 11.0. The van der Waals surface area contributed by atoms with E-state index >= 15 is 0 Å². The number of hydrogen-bond acceptors (Lipinski definition) is 1. The van der Waals surface area contributed by atoms with Crippen molar-refractivity contribution >= 4 is 5.78 Å². The highest BCUT2D eigenvalue weighted by molar-refractivity contribution is 5.78. The normalized spacial score (nSPS) is 33.8. The van der Waals surface area contributed by atoms with Gasteiger partial charge in [0.2, 0.25) is 0 Å². The zero-order chi connectivity index (χ0) is 7.56. The SMILES string of the molecule is CC(=O)[C@H]1CCCC[C@H]1C. The van der Waals surface area contributed by atoms with Gasteiger partial charge in [0.25, 0.3) is 0 Å². The molecule has 1 fully saturated rings. The summed E-state index contributed by atoms with van der Waals surface area (Å²) in [7, 11) is 0. The van der Waals surface area contributed by atoms with Crippen LogP contribution in [0, 0.1) is 11.8 Å². The Bertz CT molecular complexity index is 129. The first-order valence-corrected chi connectivity index (χ1v) is 4.22. The molecule has 1 heteroatoms. The van der Waals surface area contributed by atoms with Gasteiger partial charge in [-0.25, -0.2) is 0 Å². The van der Waals surface area contributed by atoms with Gasteiger partial charge in [-0.05, 0) is 19.3 Å². The van der Waals surface area contributed by atoms with Crippen molar-refractivity contribution in [3.05, 3.63) is 0 Å². The minimum atomic E-state index is 0.383. The zero-order valence-electron chi connectivity index (χ0n) is 6.89. The lowest BCUT2D eigenvalue weighted by molar-refractivity contribution is -0.123. The van der Waals surface area contributed by atoms with Crippen LogP contribution in [0.2, 0.25) is 0 Å². The maximum atomic E-state index is 11.0. The van der Waals surface area contributed by atoms with Gasteiger partial charge in [0, 0.05) is 5.92 Å². The Balaban J connectivity index is 2.47. The molecule has 0 aliphatic heterocycles. The minimum Gasteiger partial charge on any atom is -0.300 e. The van der Waals surface area contributed by atoms with E-state index in [4.69, 9.17) is 0 Å². The monoisotopic (exact) mass is 140 g/mol. The third-order valence-corrected chi connectivity index (χ3v) is 2.63. The van der Waals surface area contributed by atoms with Crippen LogP contribution >= 0.6 is 0 Å². The summed E-state index contributed by atoms with van der Waals surface area (Å²) < 4.78 is 0. The Hall–Kier alpha value is -0.330. The number of carbonyl (C=O) groups is 1. The second-order valence-corrected chi connectivity index (χ2v) is 3.48. The van der Waals surface area contributed by atoms with Gasteiger partial charge in [-0.15, -0.1) is 0 Å². The summed E-state index contributed by atoms with van der Waals surface area (Å²) in [5, 5.41) is 0. The largest absolute Gasteiger partial charge is 0.300 e. The molecule has 1 saturated carbocycles. The number of carbonyl (C=O) groups excluding carboxylic acids is 1. The molecule has 0 N–H and O–H groups in total. The van der Waals surface area contributed by atoms with Gasteiger partial charge >= 0.3 is 0 Å². The van der Waals surface area contributed by atoms with Crippen molar-refractivity contribution < 1.29 is 4.79 Å². The second-order valence-electron chi connectivity index (χ2n) is 3.48. The molecular formula is C9H16O. The summed E-state index contributed by atoms with van der Waals surface area (Å²) in [5.74, 6) is 1.42. The van der Waals surface area contributed by atoms with E-state index < -0.39 is 0 Å². The van der Waals surface area contributed by atoms with Crippen LogP contribution < -0.4 is 0 Å². The van der Waals surface area contributed by atoms with Crippen molar-refractivity contribution in [1.82, 2.24) is 0 Å². The average molecular weight is 140 g/mol. The predicted molar refractivity (Wildman–Crippen MR) is 41.8 cm³/mol. The first kappa shape index (κ1) is 7.77. The van der Waals surface area contributed by atoms with E-state index in [1.165, 1.54) is 19.3 Å². The molecule has 0 spiro atoms. The molecule has 1 aliphatic rings. The minimum absolute atomic E-state index is 0.383. The highest BCUT2D eigenvalue weighted by atomic mass is 16.1. The maximum Gasteiger partial charge on any atom is 0.133 e. The van der Waals surface area contributed by atoms with E-state index in [2.05, 4.69) is 6.92 Å². The summed E-state index contributed by atoms with van der Waals surface area (Å²) >= 11 is 0. The molecule has 0 heterocycles. The molecule has 0 aromatic carbocycles. The molecule has 10 heavy (non-hydrogen) atoms. The molecular weight excluding hydrogens is 124 g/mol. The molecule has 0 bridgehead atoms. The smallest absolute Gasteiger partial charge is 0.133 e. The van der Waals surface area contributed by atoms with Crippen LogP contribution in [0.4, 0.5) is 0 Å². The molecule has 0 aromatic rings. The number of Topliss-reactive ketones (excluding diaryl/α,β-unsaturated/α-hetero) is 1. The molecule has 0 saturated heterocycles. The number of ketones is 1. The van der Waals surface area contributed by atoms with Crippen LogP contribution in [0.15, 0.2) is 0 Å². The van der Waals surface area contributed by atoms with Crippen LogP contribution in [-0.4, -0.2) is 5.78 Å². The molecule has 0 amide bonds. The Morgan fingerprint density at radius 1 is 1.30 bits per heavy atom. The Morgan fingerprint density at radius 3 is 2.30 bits per heavy atom. The highest BCUT2D eigenvalue weighted by Gasteiger charge is 2.24. The van der Waals surface area contributed by atoms with Crippen LogP contribution in [0.1, 0.15) is 39.5 Å². The molecule has 0 aromatic heterocycles.